The van der Waals surface area contributed by atoms with Crippen molar-refractivity contribution in [3.63, 3.8) is 0 Å². The van der Waals surface area contributed by atoms with Crippen molar-refractivity contribution in [2.45, 2.75) is 19.4 Å². The van der Waals surface area contributed by atoms with Crippen LogP contribution in [0.15, 0.2) is 12.1 Å². The van der Waals surface area contributed by atoms with Crippen molar-refractivity contribution in [2.75, 3.05) is 27.9 Å². The van der Waals surface area contributed by atoms with Crippen LogP contribution in [-0.2, 0) is 0 Å². The molecule has 104 valence electrons. The molecule has 5 heteroatoms. The van der Waals surface area contributed by atoms with Crippen molar-refractivity contribution in [1.29, 1.82) is 5.26 Å². The number of nitriles is 1. The summed E-state index contributed by atoms with van der Waals surface area (Å²) in [4.78, 5) is 0. The molecule has 0 saturated carbocycles. The van der Waals surface area contributed by atoms with Crippen molar-refractivity contribution in [3.05, 3.63) is 17.7 Å². The summed E-state index contributed by atoms with van der Waals surface area (Å²) < 4.78 is 15.8. The first-order chi connectivity index (χ1) is 9.21. The Morgan fingerprint density at radius 2 is 1.74 bits per heavy atom. The lowest BCUT2D eigenvalue weighted by Gasteiger charge is -2.17. The lowest BCUT2D eigenvalue weighted by Crippen LogP contribution is -2.20. The Kier molecular flexibility index (Phi) is 5.97. The molecule has 0 fully saturated rings. The fraction of sp³-hybridized carbons (Fsp3) is 0.500. The van der Waals surface area contributed by atoms with Crippen LogP contribution in [0, 0.1) is 11.3 Å². The molecule has 0 saturated heterocycles. The minimum atomic E-state index is -0.395. The van der Waals surface area contributed by atoms with E-state index in [2.05, 4.69) is 18.3 Å². The molecule has 5 nitrogen and oxygen atoms in total. The molecular formula is C14H20N2O3. The summed E-state index contributed by atoms with van der Waals surface area (Å²) in [5, 5.41) is 12.4. The van der Waals surface area contributed by atoms with Crippen molar-refractivity contribution in [2.24, 2.45) is 0 Å². The molecule has 1 aromatic rings. The van der Waals surface area contributed by atoms with E-state index in [9.17, 15) is 5.26 Å². The molecule has 0 spiro atoms. The van der Waals surface area contributed by atoms with Crippen molar-refractivity contribution in [3.8, 4) is 23.3 Å². The molecule has 19 heavy (non-hydrogen) atoms. The van der Waals surface area contributed by atoms with E-state index in [1.807, 2.05) is 0 Å². The minimum absolute atomic E-state index is 0.395. The monoisotopic (exact) mass is 264 g/mol. The summed E-state index contributed by atoms with van der Waals surface area (Å²) in [6.07, 6.45) is 0.961. The van der Waals surface area contributed by atoms with E-state index in [1.54, 1.807) is 33.5 Å². The quantitative estimate of drug-likeness (QED) is 0.818. The van der Waals surface area contributed by atoms with Gasteiger partial charge in [0.05, 0.1) is 27.4 Å². The van der Waals surface area contributed by atoms with Crippen LogP contribution in [0.25, 0.3) is 0 Å². The molecule has 1 N–H and O–H groups in total. The largest absolute Gasteiger partial charge is 0.493 e. The SMILES string of the molecule is CCCNC(C#N)c1cc(OC)c(OC)c(OC)c1. The Labute approximate surface area is 114 Å². The normalized spacial score (nSPS) is 11.5. The molecule has 0 amide bonds. The average molecular weight is 264 g/mol. The lowest BCUT2D eigenvalue weighted by molar-refractivity contribution is 0.323. The molecule has 1 unspecified atom stereocenters. The summed E-state index contributed by atoms with van der Waals surface area (Å²) in [6, 6.07) is 5.41. The second-order valence-corrected chi connectivity index (χ2v) is 3.97. The van der Waals surface area contributed by atoms with Gasteiger partial charge < -0.3 is 14.2 Å². The smallest absolute Gasteiger partial charge is 0.203 e. The molecule has 0 aliphatic heterocycles. The summed E-state index contributed by atoms with van der Waals surface area (Å²) in [5.41, 5.74) is 0.797. The maximum atomic E-state index is 9.23. The van der Waals surface area contributed by atoms with Crippen molar-refractivity contribution >= 4 is 0 Å². The third kappa shape index (κ3) is 3.52. The van der Waals surface area contributed by atoms with Crippen LogP contribution in [0.4, 0.5) is 0 Å². The Morgan fingerprint density at radius 3 is 2.11 bits per heavy atom. The molecule has 0 aliphatic rings. The van der Waals surface area contributed by atoms with Crippen LogP contribution < -0.4 is 19.5 Å². The maximum Gasteiger partial charge on any atom is 0.203 e. The van der Waals surface area contributed by atoms with Crippen LogP contribution in [0.1, 0.15) is 24.9 Å². The van der Waals surface area contributed by atoms with Gasteiger partial charge in [0, 0.05) is 0 Å². The summed E-state index contributed by atoms with van der Waals surface area (Å²) in [6.45, 7) is 2.82. The van der Waals surface area contributed by atoms with E-state index in [0.717, 1.165) is 18.5 Å². The van der Waals surface area contributed by atoms with E-state index in [1.165, 1.54) is 0 Å². The first-order valence-electron chi connectivity index (χ1n) is 6.14. The third-order valence-corrected chi connectivity index (χ3v) is 2.75. The van der Waals surface area contributed by atoms with Gasteiger partial charge in [0.2, 0.25) is 5.75 Å². The van der Waals surface area contributed by atoms with Gasteiger partial charge in [0.1, 0.15) is 6.04 Å². The zero-order valence-electron chi connectivity index (χ0n) is 11.8. The molecular weight excluding hydrogens is 244 g/mol. The van der Waals surface area contributed by atoms with Gasteiger partial charge >= 0.3 is 0 Å². The average Bonchev–Trinajstić information content (AvgIpc) is 2.46. The topological polar surface area (TPSA) is 63.5 Å². The van der Waals surface area contributed by atoms with Crippen LogP contribution >= 0.6 is 0 Å². The van der Waals surface area contributed by atoms with Gasteiger partial charge in [-0.15, -0.1) is 0 Å². The van der Waals surface area contributed by atoms with Gasteiger partial charge in [-0.25, -0.2) is 0 Å². The lowest BCUT2D eigenvalue weighted by atomic mass is 10.1. The minimum Gasteiger partial charge on any atom is -0.493 e. The van der Waals surface area contributed by atoms with Gasteiger partial charge in [-0.3, -0.25) is 5.32 Å². The molecule has 1 atom stereocenters. The van der Waals surface area contributed by atoms with Crippen molar-refractivity contribution in [1.82, 2.24) is 5.32 Å². The number of benzene rings is 1. The van der Waals surface area contributed by atoms with Gasteiger partial charge in [0.25, 0.3) is 0 Å². The Balaban J connectivity index is 3.17. The molecule has 0 radical (unpaired) electrons. The summed E-state index contributed by atoms with van der Waals surface area (Å²) in [5.74, 6) is 1.63. The Morgan fingerprint density at radius 1 is 1.16 bits per heavy atom. The van der Waals surface area contributed by atoms with Crippen LogP contribution in [-0.4, -0.2) is 27.9 Å². The van der Waals surface area contributed by atoms with Crippen LogP contribution in [0.5, 0.6) is 17.2 Å². The third-order valence-electron chi connectivity index (χ3n) is 2.75. The highest BCUT2D eigenvalue weighted by Crippen LogP contribution is 2.39. The number of rotatable bonds is 7. The van der Waals surface area contributed by atoms with E-state index < -0.39 is 6.04 Å². The predicted octanol–water partition coefficient (Wildman–Crippen LogP) is 2.28. The molecule has 0 heterocycles. The number of hydrogen-bond acceptors (Lipinski definition) is 5. The van der Waals surface area contributed by atoms with E-state index in [4.69, 9.17) is 14.2 Å². The highest BCUT2D eigenvalue weighted by Gasteiger charge is 2.18. The van der Waals surface area contributed by atoms with Gasteiger partial charge in [-0.1, -0.05) is 6.92 Å². The highest BCUT2D eigenvalue weighted by atomic mass is 16.5. The number of nitrogens with zero attached hydrogens (tertiary/aromatic N) is 1. The van der Waals surface area contributed by atoms with Gasteiger partial charge in [-0.05, 0) is 30.7 Å². The van der Waals surface area contributed by atoms with Crippen LogP contribution in [0.2, 0.25) is 0 Å². The fourth-order valence-electron chi connectivity index (χ4n) is 1.79. The zero-order chi connectivity index (χ0) is 14.3. The van der Waals surface area contributed by atoms with E-state index >= 15 is 0 Å². The Bertz CT molecular complexity index is 429. The van der Waals surface area contributed by atoms with Gasteiger partial charge in [-0.2, -0.15) is 5.26 Å². The number of methoxy groups -OCH3 is 3. The van der Waals surface area contributed by atoms with Crippen molar-refractivity contribution < 1.29 is 14.2 Å². The molecule has 0 bridgehead atoms. The zero-order valence-corrected chi connectivity index (χ0v) is 11.8. The number of hydrogen-bond donors (Lipinski definition) is 1. The first-order valence-corrected chi connectivity index (χ1v) is 6.14. The second kappa shape index (κ2) is 7.49. The second-order valence-electron chi connectivity index (χ2n) is 3.97. The van der Waals surface area contributed by atoms with E-state index in [-0.39, 0.29) is 0 Å². The molecule has 1 aromatic carbocycles. The number of nitrogens with one attached hydrogen (secondary N) is 1. The molecule has 0 aliphatic carbocycles. The predicted molar refractivity (Wildman–Crippen MR) is 72.7 cm³/mol. The summed E-state index contributed by atoms with van der Waals surface area (Å²) in [7, 11) is 4.67. The Hall–Kier alpha value is -1.93. The van der Waals surface area contributed by atoms with Gasteiger partial charge in [0.15, 0.2) is 11.5 Å². The summed E-state index contributed by atoms with van der Waals surface area (Å²) >= 11 is 0. The van der Waals surface area contributed by atoms with E-state index in [0.29, 0.717) is 17.2 Å². The number of ether oxygens (including phenoxy) is 3. The standard InChI is InChI=1S/C14H20N2O3/c1-5-6-16-11(9-15)10-7-12(17-2)14(19-4)13(8-10)18-3/h7-8,11,16H,5-6H2,1-4H3. The first kappa shape index (κ1) is 15.1. The molecule has 1 rings (SSSR count). The molecule has 0 aromatic heterocycles. The maximum absolute atomic E-state index is 9.23. The highest BCUT2D eigenvalue weighted by molar-refractivity contribution is 5.55. The fourth-order valence-corrected chi connectivity index (χ4v) is 1.79. The van der Waals surface area contributed by atoms with Crippen LogP contribution in [0.3, 0.4) is 0 Å².